The minimum Gasteiger partial charge on any atom is -0.444 e. The molecule has 3 heteroatoms. The molecule has 0 saturated heterocycles. The zero-order valence-corrected chi connectivity index (χ0v) is 17.2. The molecule has 2 aromatic rings. The highest BCUT2D eigenvalue weighted by atomic mass is 16.6. The van der Waals surface area contributed by atoms with Crippen molar-refractivity contribution in [2.45, 2.75) is 59.1 Å². The Labute approximate surface area is 163 Å². The molecule has 0 aromatic heterocycles. The van der Waals surface area contributed by atoms with Crippen molar-refractivity contribution in [2.24, 2.45) is 5.92 Å². The van der Waals surface area contributed by atoms with Crippen LogP contribution in [0.1, 0.15) is 45.7 Å². The van der Waals surface area contributed by atoms with Gasteiger partial charge in [0.05, 0.1) is 0 Å². The predicted molar refractivity (Wildman–Crippen MR) is 111 cm³/mol. The van der Waals surface area contributed by atoms with Crippen LogP contribution in [0.25, 0.3) is 11.1 Å². The fraction of sp³-hybridized carbons (Fsp3) is 0.458. The van der Waals surface area contributed by atoms with E-state index in [2.05, 4.69) is 56.3 Å². The first-order valence-electron chi connectivity index (χ1n) is 9.91. The number of amides is 1. The number of nitrogens with zero attached hydrogens (tertiary/aromatic N) is 1. The second-order valence-electron chi connectivity index (χ2n) is 8.79. The van der Waals surface area contributed by atoms with Crippen LogP contribution in [0.4, 0.5) is 4.79 Å². The average Bonchev–Trinajstić information content (AvgIpc) is 2.80. The Bertz CT molecular complexity index is 790. The van der Waals surface area contributed by atoms with E-state index in [0.717, 1.165) is 12.8 Å². The smallest absolute Gasteiger partial charge is 0.410 e. The fourth-order valence-electron chi connectivity index (χ4n) is 3.75. The lowest BCUT2D eigenvalue weighted by Crippen LogP contribution is -2.46. The Morgan fingerprint density at radius 1 is 1.04 bits per heavy atom. The van der Waals surface area contributed by atoms with Gasteiger partial charge in [-0.3, -0.25) is 0 Å². The van der Waals surface area contributed by atoms with Crippen LogP contribution in [0.2, 0.25) is 0 Å². The van der Waals surface area contributed by atoms with Gasteiger partial charge in [0.25, 0.3) is 0 Å². The van der Waals surface area contributed by atoms with Crippen LogP contribution in [0.5, 0.6) is 0 Å². The topological polar surface area (TPSA) is 29.5 Å². The third kappa shape index (κ3) is 4.71. The van der Waals surface area contributed by atoms with Crippen LogP contribution in [0, 0.1) is 5.92 Å². The molecular formula is C24H31NO2. The standard InChI is InChI=1S/C24H31NO2/c1-17(2)22-16-20-12-11-19(18-9-7-6-8-10-18)15-21(20)13-14-25(22)23(26)27-24(3,4)5/h6-12,15,17,22H,13-14,16H2,1-5H3/t22-/m0/s1. The number of fused-ring (bicyclic) bond motifs is 1. The lowest BCUT2D eigenvalue weighted by atomic mass is 9.92. The SMILES string of the molecule is CC(C)[C@@H]1Cc2ccc(-c3ccccc3)cc2CCN1C(=O)OC(C)(C)C. The Morgan fingerprint density at radius 3 is 2.37 bits per heavy atom. The summed E-state index contributed by atoms with van der Waals surface area (Å²) in [6.45, 7) is 10.8. The minimum atomic E-state index is -0.474. The van der Waals surface area contributed by atoms with Crippen molar-refractivity contribution in [1.82, 2.24) is 4.90 Å². The molecule has 0 saturated carbocycles. The second kappa shape index (κ2) is 7.75. The zero-order valence-electron chi connectivity index (χ0n) is 17.2. The summed E-state index contributed by atoms with van der Waals surface area (Å²) in [5, 5.41) is 0. The van der Waals surface area contributed by atoms with E-state index in [0.29, 0.717) is 12.5 Å². The van der Waals surface area contributed by atoms with Crippen LogP contribution >= 0.6 is 0 Å². The van der Waals surface area contributed by atoms with E-state index in [1.165, 1.54) is 22.3 Å². The van der Waals surface area contributed by atoms with Gasteiger partial charge in [0, 0.05) is 12.6 Å². The van der Waals surface area contributed by atoms with Crippen LogP contribution in [0.3, 0.4) is 0 Å². The minimum absolute atomic E-state index is 0.156. The van der Waals surface area contributed by atoms with Crippen LogP contribution < -0.4 is 0 Å². The molecule has 0 radical (unpaired) electrons. The normalized spacial score (nSPS) is 17.4. The fourth-order valence-corrected chi connectivity index (χ4v) is 3.75. The Kier molecular flexibility index (Phi) is 5.59. The van der Waals surface area contributed by atoms with Gasteiger partial charge in [-0.1, -0.05) is 62.4 Å². The predicted octanol–water partition coefficient (Wildman–Crippen LogP) is 5.71. The summed E-state index contributed by atoms with van der Waals surface area (Å²) in [6, 6.07) is 17.4. The number of hydrogen-bond acceptors (Lipinski definition) is 2. The summed E-state index contributed by atoms with van der Waals surface area (Å²) in [4.78, 5) is 14.8. The summed E-state index contributed by atoms with van der Waals surface area (Å²) >= 11 is 0. The third-order valence-corrected chi connectivity index (χ3v) is 5.16. The zero-order chi connectivity index (χ0) is 19.6. The number of carbonyl (C=O) groups is 1. The van der Waals surface area contributed by atoms with E-state index >= 15 is 0 Å². The van der Waals surface area contributed by atoms with Gasteiger partial charge in [-0.15, -0.1) is 0 Å². The van der Waals surface area contributed by atoms with E-state index in [1.54, 1.807) is 0 Å². The molecule has 27 heavy (non-hydrogen) atoms. The summed E-state index contributed by atoms with van der Waals surface area (Å²) in [5.74, 6) is 0.372. The molecule has 0 aliphatic carbocycles. The first-order chi connectivity index (χ1) is 12.7. The molecule has 0 spiro atoms. The molecule has 1 heterocycles. The summed E-state index contributed by atoms with van der Waals surface area (Å²) in [5.41, 5.74) is 4.68. The Hall–Kier alpha value is -2.29. The molecule has 0 N–H and O–H groups in total. The maximum absolute atomic E-state index is 12.8. The monoisotopic (exact) mass is 365 g/mol. The number of ether oxygens (including phenoxy) is 1. The molecule has 1 aliphatic rings. The molecule has 2 aromatic carbocycles. The van der Waals surface area contributed by atoms with Crippen molar-refractivity contribution < 1.29 is 9.53 Å². The van der Waals surface area contributed by atoms with Crippen LogP contribution in [0.15, 0.2) is 48.5 Å². The molecule has 3 rings (SSSR count). The number of rotatable bonds is 2. The first kappa shape index (κ1) is 19.5. The highest BCUT2D eigenvalue weighted by Gasteiger charge is 2.32. The second-order valence-corrected chi connectivity index (χ2v) is 8.79. The Morgan fingerprint density at radius 2 is 1.74 bits per heavy atom. The van der Waals surface area contributed by atoms with Gasteiger partial charge in [0.2, 0.25) is 0 Å². The van der Waals surface area contributed by atoms with Crippen molar-refractivity contribution in [1.29, 1.82) is 0 Å². The van der Waals surface area contributed by atoms with Crippen molar-refractivity contribution in [3.63, 3.8) is 0 Å². The van der Waals surface area contributed by atoms with Gasteiger partial charge in [-0.25, -0.2) is 4.79 Å². The number of benzene rings is 2. The molecule has 0 fully saturated rings. The maximum atomic E-state index is 12.8. The van der Waals surface area contributed by atoms with Gasteiger partial charge in [-0.2, -0.15) is 0 Å². The van der Waals surface area contributed by atoms with Gasteiger partial charge in [-0.05, 0) is 61.8 Å². The average molecular weight is 366 g/mol. The van der Waals surface area contributed by atoms with Crippen molar-refractivity contribution >= 4 is 6.09 Å². The lowest BCUT2D eigenvalue weighted by molar-refractivity contribution is 0.0122. The van der Waals surface area contributed by atoms with Crippen LogP contribution in [-0.2, 0) is 17.6 Å². The van der Waals surface area contributed by atoms with E-state index in [9.17, 15) is 4.79 Å². The van der Waals surface area contributed by atoms with Crippen molar-refractivity contribution in [3.05, 3.63) is 59.7 Å². The summed E-state index contributed by atoms with van der Waals surface area (Å²) < 4.78 is 5.69. The maximum Gasteiger partial charge on any atom is 0.410 e. The molecule has 0 unspecified atom stereocenters. The van der Waals surface area contributed by atoms with Crippen molar-refractivity contribution in [2.75, 3.05) is 6.54 Å². The van der Waals surface area contributed by atoms with Gasteiger partial charge in [0.15, 0.2) is 0 Å². The Balaban J connectivity index is 1.89. The summed E-state index contributed by atoms with van der Waals surface area (Å²) in [6.07, 6.45) is 1.54. The van der Waals surface area contributed by atoms with Gasteiger partial charge < -0.3 is 9.64 Å². The molecule has 1 amide bonds. The van der Waals surface area contributed by atoms with E-state index in [1.807, 2.05) is 31.7 Å². The van der Waals surface area contributed by atoms with Gasteiger partial charge >= 0.3 is 6.09 Å². The quantitative estimate of drug-likeness (QED) is 0.682. The largest absolute Gasteiger partial charge is 0.444 e. The van der Waals surface area contributed by atoms with Gasteiger partial charge in [0.1, 0.15) is 5.60 Å². The molecular weight excluding hydrogens is 334 g/mol. The molecule has 1 atom stereocenters. The van der Waals surface area contributed by atoms with Crippen LogP contribution in [-0.4, -0.2) is 29.2 Å². The third-order valence-electron chi connectivity index (χ3n) is 5.16. The summed E-state index contributed by atoms with van der Waals surface area (Å²) in [7, 11) is 0. The highest BCUT2D eigenvalue weighted by Crippen LogP contribution is 2.29. The number of hydrogen-bond donors (Lipinski definition) is 0. The lowest BCUT2D eigenvalue weighted by Gasteiger charge is -2.34. The molecule has 1 aliphatic heterocycles. The van der Waals surface area contributed by atoms with E-state index in [-0.39, 0.29) is 12.1 Å². The molecule has 0 bridgehead atoms. The van der Waals surface area contributed by atoms with Crippen molar-refractivity contribution in [3.8, 4) is 11.1 Å². The van der Waals surface area contributed by atoms with E-state index < -0.39 is 5.60 Å². The molecule has 3 nitrogen and oxygen atoms in total. The number of carbonyl (C=O) groups excluding carboxylic acids is 1. The van der Waals surface area contributed by atoms with E-state index in [4.69, 9.17) is 4.74 Å². The highest BCUT2D eigenvalue weighted by molar-refractivity contribution is 5.69. The first-order valence-corrected chi connectivity index (χ1v) is 9.91. The molecule has 144 valence electrons.